The van der Waals surface area contributed by atoms with Crippen molar-refractivity contribution in [3.05, 3.63) is 35.4 Å². The Morgan fingerprint density at radius 1 is 1.14 bits per heavy atom. The summed E-state index contributed by atoms with van der Waals surface area (Å²) in [5, 5.41) is 22.4. The summed E-state index contributed by atoms with van der Waals surface area (Å²) in [6.07, 6.45) is 8.07. The second kappa shape index (κ2) is 10.4. The molecule has 21 heavy (non-hydrogen) atoms. The van der Waals surface area contributed by atoms with E-state index in [0.717, 1.165) is 24.0 Å². The van der Waals surface area contributed by atoms with Gasteiger partial charge in [-0.15, -0.1) is 0 Å². The summed E-state index contributed by atoms with van der Waals surface area (Å²) in [5.41, 5.74) is 2.72. The minimum atomic E-state index is -0.280. The van der Waals surface area contributed by atoms with Crippen molar-refractivity contribution in [2.45, 2.75) is 71.3 Å². The largest absolute Gasteiger partial charge is 0.411 e. The molecule has 0 aliphatic rings. The summed E-state index contributed by atoms with van der Waals surface area (Å²) < 4.78 is 0. The lowest BCUT2D eigenvalue weighted by molar-refractivity contribution is 0.161. The Hall–Kier alpha value is -1.35. The maximum absolute atomic E-state index is 10.1. The van der Waals surface area contributed by atoms with Crippen molar-refractivity contribution >= 4 is 5.71 Å². The van der Waals surface area contributed by atoms with Crippen molar-refractivity contribution in [1.29, 1.82) is 0 Å². The Morgan fingerprint density at radius 3 is 2.57 bits per heavy atom. The molecular formula is C18H29NO2. The molecule has 1 atom stereocenters. The Morgan fingerprint density at radius 2 is 1.90 bits per heavy atom. The zero-order valence-corrected chi connectivity index (χ0v) is 13.4. The van der Waals surface area contributed by atoms with Crippen molar-refractivity contribution < 1.29 is 10.3 Å². The predicted molar refractivity (Wildman–Crippen MR) is 88.1 cm³/mol. The van der Waals surface area contributed by atoms with Gasteiger partial charge in [0, 0.05) is 0 Å². The van der Waals surface area contributed by atoms with Gasteiger partial charge < -0.3 is 10.3 Å². The van der Waals surface area contributed by atoms with Gasteiger partial charge in [0.25, 0.3) is 0 Å². The van der Waals surface area contributed by atoms with Gasteiger partial charge >= 0.3 is 0 Å². The van der Waals surface area contributed by atoms with Crippen LogP contribution in [0.25, 0.3) is 0 Å². The topological polar surface area (TPSA) is 52.8 Å². The summed E-state index contributed by atoms with van der Waals surface area (Å²) in [4.78, 5) is 0. The van der Waals surface area contributed by atoms with Crippen molar-refractivity contribution in [2.75, 3.05) is 0 Å². The smallest absolute Gasteiger partial charge is 0.0865 e. The van der Waals surface area contributed by atoms with Crippen LogP contribution >= 0.6 is 0 Å². The molecule has 0 radical (unpaired) electrons. The number of aliphatic hydroxyl groups is 1. The fourth-order valence-electron chi connectivity index (χ4n) is 2.57. The first-order chi connectivity index (χ1) is 10.2. The van der Waals surface area contributed by atoms with Crippen LogP contribution in [0.15, 0.2) is 29.4 Å². The zero-order valence-electron chi connectivity index (χ0n) is 13.4. The van der Waals surface area contributed by atoms with E-state index >= 15 is 0 Å². The van der Waals surface area contributed by atoms with Gasteiger partial charge in [0.1, 0.15) is 0 Å². The van der Waals surface area contributed by atoms with Gasteiger partial charge in [0.05, 0.1) is 11.8 Å². The Labute approximate surface area is 128 Å². The van der Waals surface area contributed by atoms with Gasteiger partial charge in [-0.3, -0.25) is 0 Å². The third kappa shape index (κ3) is 6.76. The molecule has 0 amide bonds. The van der Waals surface area contributed by atoms with Crippen LogP contribution < -0.4 is 0 Å². The third-order valence-electron chi connectivity index (χ3n) is 3.83. The molecule has 0 bridgehead atoms. The molecule has 3 heteroatoms. The predicted octanol–water partition coefficient (Wildman–Crippen LogP) is 4.54. The van der Waals surface area contributed by atoms with Crippen LogP contribution in [0.3, 0.4) is 0 Å². The van der Waals surface area contributed by atoms with Crippen molar-refractivity contribution in [3.8, 4) is 0 Å². The SMILES string of the molecule is CCCCCCCC(O)Cc1cccc(C(CC)=NO)c1. The van der Waals surface area contributed by atoms with Gasteiger partial charge in [0.2, 0.25) is 0 Å². The molecule has 1 aromatic carbocycles. The fraction of sp³-hybridized carbons (Fsp3) is 0.611. The summed E-state index contributed by atoms with van der Waals surface area (Å²) in [6.45, 7) is 4.18. The lowest BCUT2D eigenvalue weighted by Gasteiger charge is -2.11. The van der Waals surface area contributed by atoms with Gasteiger partial charge in [-0.05, 0) is 36.5 Å². The molecule has 0 heterocycles. The number of oxime groups is 1. The van der Waals surface area contributed by atoms with Crippen LogP contribution in [0.1, 0.15) is 69.9 Å². The Kier molecular flexibility index (Phi) is 8.76. The second-order valence-corrected chi connectivity index (χ2v) is 5.66. The number of aliphatic hydroxyl groups excluding tert-OH is 1. The Balaban J connectivity index is 2.45. The molecule has 0 aliphatic heterocycles. The fourth-order valence-corrected chi connectivity index (χ4v) is 2.57. The van der Waals surface area contributed by atoms with E-state index in [1.807, 2.05) is 31.2 Å². The van der Waals surface area contributed by atoms with Crippen LogP contribution in [0.4, 0.5) is 0 Å². The van der Waals surface area contributed by atoms with Crippen LogP contribution in [0.2, 0.25) is 0 Å². The van der Waals surface area contributed by atoms with Crippen LogP contribution in [0, 0.1) is 0 Å². The number of nitrogens with zero attached hydrogens (tertiary/aromatic N) is 1. The zero-order chi connectivity index (χ0) is 15.5. The monoisotopic (exact) mass is 291 g/mol. The van der Waals surface area contributed by atoms with Crippen molar-refractivity contribution in [3.63, 3.8) is 0 Å². The molecular weight excluding hydrogens is 262 g/mol. The van der Waals surface area contributed by atoms with Gasteiger partial charge in [-0.2, -0.15) is 0 Å². The first-order valence-electron chi connectivity index (χ1n) is 8.19. The van der Waals surface area contributed by atoms with Crippen LogP contribution in [0.5, 0.6) is 0 Å². The van der Waals surface area contributed by atoms with E-state index in [1.165, 1.54) is 25.7 Å². The molecule has 1 rings (SSSR count). The average molecular weight is 291 g/mol. The number of unbranched alkanes of at least 4 members (excludes halogenated alkanes) is 4. The lowest BCUT2D eigenvalue weighted by atomic mass is 9.99. The summed E-state index contributed by atoms with van der Waals surface area (Å²) >= 11 is 0. The van der Waals surface area contributed by atoms with Crippen LogP contribution in [-0.2, 0) is 6.42 Å². The minimum Gasteiger partial charge on any atom is -0.411 e. The van der Waals surface area contributed by atoms with E-state index in [1.54, 1.807) is 0 Å². The quantitative estimate of drug-likeness (QED) is 0.288. The number of hydrogen-bond donors (Lipinski definition) is 2. The van der Waals surface area contributed by atoms with Crippen molar-refractivity contribution in [2.24, 2.45) is 5.16 Å². The number of benzene rings is 1. The van der Waals surface area contributed by atoms with Crippen molar-refractivity contribution in [1.82, 2.24) is 0 Å². The highest BCUT2D eigenvalue weighted by atomic mass is 16.4. The molecule has 0 aromatic heterocycles. The van der Waals surface area contributed by atoms with E-state index in [0.29, 0.717) is 18.6 Å². The standard InChI is InChI=1S/C18H29NO2/c1-3-5-6-7-8-12-17(20)14-15-10-9-11-16(13-15)18(4-2)19-21/h9-11,13,17,20-21H,3-8,12,14H2,1-2H3. The van der Waals surface area contributed by atoms with Gasteiger partial charge in [0.15, 0.2) is 0 Å². The third-order valence-corrected chi connectivity index (χ3v) is 3.83. The van der Waals surface area contributed by atoms with Gasteiger partial charge in [-0.1, -0.05) is 69.3 Å². The summed E-state index contributed by atoms with van der Waals surface area (Å²) in [7, 11) is 0. The van der Waals surface area contributed by atoms with E-state index < -0.39 is 0 Å². The normalized spacial score (nSPS) is 13.4. The molecule has 0 fully saturated rings. The lowest BCUT2D eigenvalue weighted by Crippen LogP contribution is -2.11. The van der Waals surface area contributed by atoms with E-state index in [9.17, 15) is 5.11 Å². The first-order valence-corrected chi connectivity index (χ1v) is 8.19. The minimum absolute atomic E-state index is 0.280. The summed E-state index contributed by atoms with van der Waals surface area (Å²) in [6, 6.07) is 7.94. The number of hydrogen-bond acceptors (Lipinski definition) is 3. The number of rotatable bonds is 10. The molecule has 0 spiro atoms. The molecule has 0 aliphatic carbocycles. The molecule has 1 unspecified atom stereocenters. The highest BCUT2D eigenvalue weighted by molar-refractivity contribution is 6.00. The molecule has 0 saturated heterocycles. The second-order valence-electron chi connectivity index (χ2n) is 5.66. The highest BCUT2D eigenvalue weighted by Gasteiger charge is 2.08. The average Bonchev–Trinajstić information content (AvgIpc) is 2.49. The van der Waals surface area contributed by atoms with E-state index in [-0.39, 0.29) is 6.10 Å². The maximum atomic E-state index is 10.1. The van der Waals surface area contributed by atoms with E-state index in [2.05, 4.69) is 12.1 Å². The molecule has 3 nitrogen and oxygen atoms in total. The molecule has 1 aromatic rings. The van der Waals surface area contributed by atoms with Crippen LogP contribution in [-0.4, -0.2) is 22.1 Å². The molecule has 118 valence electrons. The van der Waals surface area contributed by atoms with Gasteiger partial charge in [-0.25, -0.2) is 0 Å². The molecule has 0 saturated carbocycles. The molecule has 2 N–H and O–H groups in total. The first kappa shape index (κ1) is 17.7. The highest BCUT2D eigenvalue weighted by Crippen LogP contribution is 2.14. The van der Waals surface area contributed by atoms with E-state index in [4.69, 9.17) is 5.21 Å². The maximum Gasteiger partial charge on any atom is 0.0865 e. The Bertz CT molecular complexity index is 429. The summed E-state index contributed by atoms with van der Waals surface area (Å²) in [5.74, 6) is 0.